The molecule has 1 saturated heterocycles. The fourth-order valence-corrected chi connectivity index (χ4v) is 2.68. The zero-order valence-corrected chi connectivity index (χ0v) is 11.8. The Labute approximate surface area is 122 Å². The van der Waals surface area contributed by atoms with E-state index in [-0.39, 0.29) is 17.4 Å². The van der Waals surface area contributed by atoms with Crippen molar-refractivity contribution >= 4 is 34.3 Å². The molecule has 1 heterocycles. The predicted octanol–water partition coefficient (Wildman–Crippen LogP) is 0.616. The molecule has 3 unspecified atom stereocenters. The Kier molecular flexibility index (Phi) is 3.15. The molecule has 6 heteroatoms. The van der Waals surface area contributed by atoms with Crippen molar-refractivity contribution in [2.24, 2.45) is 0 Å². The molecule has 1 aromatic carbocycles. The quantitative estimate of drug-likeness (QED) is 0.590. The largest absolute Gasteiger partial charge is 0.384 e. The lowest BCUT2D eigenvalue weighted by Gasteiger charge is -2.17. The number of aliphatic hydroxyl groups is 1. The predicted molar refractivity (Wildman–Crippen MR) is 74.4 cm³/mol. The summed E-state index contributed by atoms with van der Waals surface area (Å²) in [5.74, 6) is -0.560. The monoisotopic (exact) mass is 371 g/mol. The average molecular weight is 371 g/mol. The van der Waals surface area contributed by atoms with Gasteiger partial charge in [0.1, 0.15) is 18.3 Å². The van der Waals surface area contributed by atoms with Crippen LogP contribution in [0.1, 0.15) is 10.4 Å². The van der Waals surface area contributed by atoms with Crippen molar-refractivity contribution in [2.45, 2.75) is 18.3 Å². The summed E-state index contributed by atoms with van der Waals surface area (Å²) in [6.07, 6.45) is -0.754. The summed E-state index contributed by atoms with van der Waals surface area (Å²) in [4.78, 5) is 23.6. The van der Waals surface area contributed by atoms with Crippen LogP contribution in [0.4, 0.5) is 0 Å². The summed E-state index contributed by atoms with van der Waals surface area (Å²) in [7, 11) is 0. The van der Waals surface area contributed by atoms with Gasteiger partial charge in [0.2, 0.25) is 0 Å². The summed E-state index contributed by atoms with van der Waals surface area (Å²) in [6.45, 7) is 0. The molecule has 5 nitrogen and oxygen atoms in total. The first-order valence-corrected chi connectivity index (χ1v) is 6.80. The summed E-state index contributed by atoms with van der Waals surface area (Å²) < 4.78 is 5.84. The van der Waals surface area contributed by atoms with Crippen LogP contribution in [-0.4, -0.2) is 35.1 Å². The molecule has 2 aliphatic rings. The second-order valence-corrected chi connectivity index (χ2v) is 5.56. The topological polar surface area (TPSA) is 78.9 Å². The Bertz CT molecular complexity index is 598. The molecule has 1 aromatic rings. The van der Waals surface area contributed by atoms with E-state index in [1.807, 2.05) is 12.1 Å². The van der Waals surface area contributed by atoms with Crippen LogP contribution < -0.4 is 5.32 Å². The number of amides is 1. The molecule has 3 atom stereocenters. The summed E-state index contributed by atoms with van der Waals surface area (Å²) in [5, 5.41) is 12.5. The first kappa shape index (κ1) is 12.8. The van der Waals surface area contributed by atoms with Crippen LogP contribution in [0.3, 0.4) is 0 Å². The molecule has 19 heavy (non-hydrogen) atoms. The van der Waals surface area contributed by atoms with Gasteiger partial charge in [0, 0.05) is 9.65 Å². The van der Waals surface area contributed by atoms with Crippen molar-refractivity contribution in [1.29, 1.82) is 0 Å². The molecule has 1 aliphatic carbocycles. The van der Waals surface area contributed by atoms with Crippen LogP contribution in [0.25, 0.3) is 0 Å². The Morgan fingerprint density at radius 2 is 2.11 bits per heavy atom. The van der Waals surface area contributed by atoms with Crippen molar-refractivity contribution < 1.29 is 19.4 Å². The maximum Gasteiger partial charge on any atom is 0.256 e. The van der Waals surface area contributed by atoms with Crippen molar-refractivity contribution in [3.8, 4) is 0 Å². The number of hydrogen-bond acceptors (Lipinski definition) is 4. The molecule has 1 fully saturated rings. The van der Waals surface area contributed by atoms with Gasteiger partial charge >= 0.3 is 0 Å². The molecule has 1 amide bonds. The van der Waals surface area contributed by atoms with Gasteiger partial charge in [-0.25, -0.2) is 0 Å². The highest BCUT2D eigenvalue weighted by Gasteiger charge is 2.53. The highest BCUT2D eigenvalue weighted by molar-refractivity contribution is 14.1. The molecule has 0 saturated carbocycles. The number of halogens is 1. The number of carbonyl (C=O) groups excluding carboxylic acids is 2. The van der Waals surface area contributed by atoms with Crippen LogP contribution >= 0.6 is 22.6 Å². The molecule has 1 aliphatic heterocycles. The zero-order chi connectivity index (χ0) is 13.6. The van der Waals surface area contributed by atoms with Crippen LogP contribution in [-0.2, 0) is 9.53 Å². The summed E-state index contributed by atoms with van der Waals surface area (Å²) in [5.41, 5.74) is 0.705. The number of ether oxygens (including phenoxy) is 1. The number of nitrogens with one attached hydrogen (secondary N) is 1. The van der Waals surface area contributed by atoms with Crippen molar-refractivity contribution in [3.05, 3.63) is 45.2 Å². The van der Waals surface area contributed by atoms with E-state index < -0.39 is 18.3 Å². The lowest BCUT2D eigenvalue weighted by molar-refractivity contribution is -0.116. The number of aliphatic hydroxyl groups excluding tert-OH is 1. The second kappa shape index (κ2) is 4.69. The van der Waals surface area contributed by atoms with Gasteiger partial charge < -0.3 is 15.2 Å². The van der Waals surface area contributed by atoms with Crippen LogP contribution in [0, 0.1) is 3.57 Å². The van der Waals surface area contributed by atoms with Crippen LogP contribution in [0.2, 0.25) is 0 Å². The lowest BCUT2D eigenvalue weighted by Crippen LogP contribution is -2.37. The first-order chi connectivity index (χ1) is 9.08. The van der Waals surface area contributed by atoms with E-state index in [9.17, 15) is 14.7 Å². The molecular formula is C13H10INO4. The highest BCUT2D eigenvalue weighted by atomic mass is 127. The summed E-state index contributed by atoms with van der Waals surface area (Å²) in [6, 6.07) is 7.09. The zero-order valence-electron chi connectivity index (χ0n) is 9.67. The van der Waals surface area contributed by atoms with Gasteiger partial charge in [-0.3, -0.25) is 9.59 Å². The molecule has 0 aromatic heterocycles. The van der Waals surface area contributed by atoms with Gasteiger partial charge in [-0.15, -0.1) is 0 Å². The second-order valence-electron chi connectivity index (χ2n) is 4.40. The van der Waals surface area contributed by atoms with Crippen molar-refractivity contribution in [1.82, 2.24) is 5.32 Å². The maximum atomic E-state index is 12.1. The van der Waals surface area contributed by atoms with Gasteiger partial charge in [-0.05, 0) is 34.7 Å². The number of carbonyl (C=O) groups is 2. The fourth-order valence-electron chi connectivity index (χ4n) is 2.04. The van der Waals surface area contributed by atoms with E-state index >= 15 is 0 Å². The smallest absolute Gasteiger partial charge is 0.256 e. The SMILES string of the molecule is O=C(NC1=CC(=O)C2OC2C1O)c1ccccc1I. The van der Waals surface area contributed by atoms with Gasteiger partial charge in [-0.2, -0.15) is 0 Å². The minimum absolute atomic E-state index is 0.202. The van der Waals surface area contributed by atoms with E-state index in [0.29, 0.717) is 5.56 Å². The third-order valence-corrected chi connectivity index (χ3v) is 4.05. The first-order valence-electron chi connectivity index (χ1n) is 5.73. The number of hydrogen-bond donors (Lipinski definition) is 2. The normalized spacial score (nSPS) is 28.4. The number of rotatable bonds is 2. The summed E-state index contributed by atoms with van der Waals surface area (Å²) >= 11 is 2.06. The van der Waals surface area contributed by atoms with Crippen molar-refractivity contribution in [3.63, 3.8) is 0 Å². The van der Waals surface area contributed by atoms with Crippen molar-refractivity contribution in [2.75, 3.05) is 0 Å². The Morgan fingerprint density at radius 3 is 2.84 bits per heavy atom. The van der Waals surface area contributed by atoms with Gasteiger partial charge in [0.05, 0.1) is 11.3 Å². The average Bonchev–Trinajstić information content (AvgIpc) is 3.17. The Hall–Kier alpha value is -1.25. The maximum absolute atomic E-state index is 12.1. The van der Waals surface area contributed by atoms with Crippen LogP contribution in [0.5, 0.6) is 0 Å². The molecule has 2 N–H and O–H groups in total. The molecular weight excluding hydrogens is 361 g/mol. The van der Waals surface area contributed by atoms with E-state index in [1.54, 1.807) is 12.1 Å². The third-order valence-electron chi connectivity index (χ3n) is 3.11. The van der Waals surface area contributed by atoms with E-state index in [1.165, 1.54) is 6.08 Å². The number of epoxide rings is 1. The highest BCUT2D eigenvalue weighted by Crippen LogP contribution is 2.33. The Balaban J connectivity index is 1.80. The standard InChI is InChI=1S/C13H10INO4/c14-7-4-2-1-3-6(7)13(18)15-8-5-9(16)11-12(19-11)10(8)17/h1-5,10-12,17H,(H,15,18). The molecule has 0 bridgehead atoms. The number of ketones is 1. The number of benzene rings is 1. The van der Waals surface area contributed by atoms with E-state index in [0.717, 1.165) is 3.57 Å². The van der Waals surface area contributed by atoms with E-state index in [4.69, 9.17) is 4.74 Å². The Morgan fingerprint density at radius 1 is 1.37 bits per heavy atom. The lowest BCUT2D eigenvalue weighted by atomic mass is 10.0. The molecule has 98 valence electrons. The van der Waals surface area contributed by atoms with E-state index in [2.05, 4.69) is 27.9 Å². The molecule has 3 rings (SSSR count). The molecule has 0 spiro atoms. The van der Waals surface area contributed by atoms with Gasteiger partial charge in [0.25, 0.3) is 5.91 Å². The fraction of sp³-hybridized carbons (Fsp3) is 0.231. The minimum Gasteiger partial charge on any atom is -0.384 e. The minimum atomic E-state index is -0.951. The van der Waals surface area contributed by atoms with Crippen LogP contribution in [0.15, 0.2) is 36.0 Å². The number of fused-ring (bicyclic) bond motifs is 1. The van der Waals surface area contributed by atoms with Gasteiger partial charge in [-0.1, -0.05) is 12.1 Å². The molecule has 0 radical (unpaired) electrons. The third kappa shape index (κ3) is 2.31. The van der Waals surface area contributed by atoms with Gasteiger partial charge in [0.15, 0.2) is 5.78 Å².